The van der Waals surface area contributed by atoms with Crippen LogP contribution in [0.3, 0.4) is 0 Å². The molecule has 0 fully saturated rings. The molecule has 18 heavy (non-hydrogen) atoms. The van der Waals surface area contributed by atoms with E-state index in [2.05, 4.69) is 18.7 Å². The Morgan fingerprint density at radius 3 is 3.00 bits per heavy atom. The highest BCUT2D eigenvalue weighted by molar-refractivity contribution is 7.11. The number of fused-ring (bicyclic) bond motifs is 1. The van der Waals surface area contributed by atoms with Crippen molar-refractivity contribution in [1.29, 1.82) is 0 Å². The third kappa shape index (κ3) is 3.53. The Hall–Kier alpha value is -0.940. The maximum absolute atomic E-state index is 10.6. The number of aromatic nitrogens is 1. The molecule has 0 aromatic carbocycles. The van der Waals surface area contributed by atoms with Gasteiger partial charge in [-0.3, -0.25) is 9.69 Å². The molecule has 0 radical (unpaired) electrons. The number of aliphatic carboxylic acids is 1. The first kappa shape index (κ1) is 13.5. The average Bonchev–Trinajstić information content (AvgIpc) is 2.66. The van der Waals surface area contributed by atoms with E-state index in [-0.39, 0.29) is 6.42 Å². The predicted octanol–water partition coefficient (Wildman–Crippen LogP) is 2.17. The SMILES string of the molecule is CC(C)Cc1nc2c(s1)CN(CCC(=O)O)CC2. The molecule has 0 amide bonds. The Kier molecular flexibility index (Phi) is 4.35. The molecule has 2 rings (SSSR count). The highest BCUT2D eigenvalue weighted by Gasteiger charge is 2.21. The fraction of sp³-hybridized carbons (Fsp3) is 0.692. The van der Waals surface area contributed by atoms with Gasteiger partial charge in [0.25, 0.3) is 0 Å². The third-order valence-electron chi connectivity index (χ3n) is 3.08. The molecule has 0 saturated heterocycles. The van der Waals surface area contributed by atoms with Gasteiger partial charge in [0, 0.05) is 37.4 Å². The number of carboxylic acids is 1. The summed E-state index contributed by atoms with van der Waals surface area (Å²) in [5.41, 5.74) is 1.24. The van der Waals surface area contributed by atoms with Crippen LogP contribution in [0.2, 0.25) is 0 Å². The molecule has 1 aromatic heterocycles. The summed E-state index contributed by atoms with van der Waals surface area (Å²) in [6, 6.07) is 0. The van der Waals surface area contributed by atoms with E-state index in [0.717, 1.165) is 25.9 Å². The smallest absolute Gasteiger partial charge is 0.304 e. The quantitative estimate of drug-likeness (QED) is 0.889. The van der Waals surface area contributed by atoms with Gasteiger partial charge in [-0.05, 0) is 5.92 Å². The number of carbonyl (C=O) groups is 1. The summed E-state index contributed by atoms with van der Waals surface area (Å²) in [5, 5.41) is 9.94. The molecular formula is C13H20N2O2S. The molecule has 0 aliphatic carbocycles. The van der Waals surface area contributed by atoms with Crippen molar-refractivity contribution in [3.8, 4) is 0 Å². The van der Waals surface area contributed by atoms with Crippen molar-refractivity contribution < 1.29 is 9.90 Å². The Labute approximate surface area is 112 Å². The van der Waals surface area contributed by atoms with Gasteiger partial charge in [-0.2, -0.15) is 0 Å². The van der Waals surface area contributed by atoms with E-state index < -0.39 is 5.97 Å². The van der Waals surface area contributed by atoms with Crippen molar-refractivity contribution in [2.75, 3.05) is 13.1 Å². The van der Waals surface area contributed by atoms with Crippen LogP contribution in [-0.2, 0) is 24.2 Å². The van der Waals surface area contributed by atoms with Crippen LogP contribution in [0.15, 0.2) is 0 Å². The minimum absolute atomic E-state index is 0.229. The first-order valence-corrected chi connectivity index (χ1v) is 7.28. The first-order valence-electron chi connectivity index (χ1n) is 6.46. The molecule has 100 valence electrons. The van der Waals surface area contributed by atoms with Crippen molar-refractivity contribution >= 4 is 17.3 Å². The maximum Gasteiger partial charge on any atom is 0.304 e. The summed E-state index contributed by atoms with van der Waals surface area (Å²) in [7, 11) is 0. The molecule has 1 aliphatic heterocycles. The lowest BCUT2D eigenvalue weighted by Gasteiger charge is -2.24. The molecule has 0 saturated carbocycles. The van der Waals surface area contributed by atoms with E-state index in [0.29, 0.717) is 12.5 Å². The molecule has 1 aromatic rings. The molecule has 0 bridgehead atoms. The predicted molar refractivity (Wildman–Crippen MR) is 71.9 cm³/mol. The van der Waals surface area contributed by atoms with Gasteiger partial charge in [0.15, 0.2) is 0 Å². The van der Waals surface area contributed by atoms with Gasteiger partial charge in [-0.25, -0.2) is 4.98 Å². The summed E-state index contributed by atoms with van der Waals surface area (Å²) in [4.78, 5) is 18.8. The van der Waals surface area contributed by atoms with Crippen molar-refractivity contribution in [3.05, 3.63) is 15.6 Å². The largest absolute Gasteiger partial charge is 0.481 e. The summed E-state index contributed by atoms with van der Waals surface area (Å²) in [6.45, 7) is 6.87. The van der Waals surface area contributed by atoms with Gasteiger partial charge in [0.1, 0.15) is 0 Å². The molecule has 0 atom stereocenters. The lowest BCUT2D eigenvalue weighted by molar-refractivity contribution is -0.137. The van der Waals surface area contributed by atoms with Gasteiger partial charge < -0.3 is 5.11 Å². The Morgan fingerprint density at radius 2 is 2.33 bits per heavy atom. The molecular weight excluding hydrogens is 248 g/mol. The average molecular weight is 268 g/mol. The van der Waals surface area contributed by atoms with Crippen LogP contribution in [0.25, 0.3) is 0 Å². The summed E-state index contributed by atoms with van der Waals surface area (Å²) < 4.78 is 0. The molecule has 4 nitrogen and oxygen atoms in total. The second-order valence-corrected chi connectivity index (χ2v) is 6.41. The van der Waals surface area contributed by atoms with Crippen LogP contribution < -0.4 is 0 Å². The van der Waals surface area contributed by atoms with E-state index in [4.69, 9.17) is 10.1 Å². The topological polar surface area (TPSA) is 53.4 Å². The number of nitrogens with zero attached hydrogens (tertiary/aromatic N) is 2. The zero-order valence-corrected chi connectivity index (χ0v) is 11.8. The van der Waals surface area contributed by atoms with Gasteiger partial charge in [0.05, 0.1) is 17.1 Å². The van der Waals surface area contributed by atoms with Gasteiger partial charge in [-0.15, -0.1) is 11.3 Å². The third-order valence-corrected chi connectivity index (χ3v) is 4.18. The maximum atomic E-state index is 10.6. The number of hydrogen-bond acceptors (Lipinski definition) is 4. The van der Waals surface area contributed by atoms with Crippen molar-refractivity contribution in [2.24, 2.45) is 5.92 Å². The van der Waals surface area contributed by atoms with E-state index in [1.54, 1.807) is 11.3 Å². The van der Waals surface area contributed by atoms with E-state index in [1.165, 1.54) is 15.6 Å². The van der Waals surface area contributed by atoms with Crippen LogP contribution in [0.5, 0.6) is 0 Å². The van der Waals surface area contributed by atoms with E-state index >= 15 is 0 Å². The number of carboxylic acid groups (broad SMARTS) is 1. The lowest BCUT2D eigenvalue weighted by Crippen LogP contribution is -2.31. The fourth-order valence-corrected chi connectivity index (χ4v) is 3.55. The number of thiazole rings is 1. The Bertz CT molecular complexity index is 429. The zero-order valence-electron chi connectivity index (χ0n) is 11.0. The van der Waals surface area contributed by atoms with Crippen molar-refractivity contribution in [2.45, 2.75) is 39.7 Å². The monoisotopic (exact) mass is 268 g/mol. The molecule has 2 heterocycles. The van der Waals surface area contributed by atoms with Crippen LogP contribution in [0, 0.1) is 5.92 Å². The molecule has 1 N–H and O–H groups in total. The van der Waals surface area contributed by atoms with Crippen LogP contribution in [0.1, 0.15) is 35.8 Å². The minimum atomic E-state index is -0.717. The Balaban J connectivity index is 1.96. The minimum Gasteiger partial charge on any atom is -0.481 e. The molecule has 0 unspecified atom stereocenters. The summed E-state index contributed by atoms with van der Waals surface area (Å²) in [5.74, 6) is -0.0775. The van der Waals surface area contributed by atoms with Crippen LogP contribution in [0.4, 0.5) is 0 Å². The van der Waals surface area contributed by atoms with Gasteiger partial charge in [0.2, 0.25) is 0 Å². The molecule has 1 aliphatic rings. The van der Waals surface area contributed by atoms with Gasteiger partial charge >= 0.3 is 5.97 Å². The normalized spacial score (nSPS) is 15.9. The van der Waals surface area contributed by atoms with E-state index in [9.17, 15) is 4.79 Å². The van der Waals surface area contributed by atoms with Crippen molar-refractivity contribution in [3.63, 3.8) is 0 Å². The van der Waals surface area contributed by atoms with Gasteiger partial charge in [-0.1, -0.05) is 13.8 Å². The zero-order chi connectivity index (χ0) is 13.1. The second kappa shape index (κ2) is 5.80. The first-order chi connectivity index (χ1) is 8.54. The number of rotatable bonds is 5. The molecule has 5 heteroatoms. The number of hydrogen-bond donors (Lipinski definition) is 1. The summed E-state index contributed by atoms with van der Waals surface area (Å²) in [6.07, 6.45) is 2.24. The summed E-state index contributed by atoms with van der Waals surface area (Å²) >= 11 is 1.80. The fourth-order valence-electron chi connectivity index (χ4n) is 2.18. The standard InChI is InChI=1S/C13H20N2O2S/c1-9(2)7-12-14-10-3-5-15(6-4-13(16)17)8-11(10)18-12/h9H,3-8H2,1-2H3,(H,16,17). The molecule has 0 spiro atoms. The van der Waals surface area contributed by atoms with E-state index in [1.807, 2.05) is 0 Å². The Morgan fingerprint density at radius 1 is 1.56 bits per heavy atom. The van der Waals surface area contributed by atoms with Crippen LogP contribution >= 0.6 is 11.3 Å². The second-order valence-electron chi connectivity index (χ2n) is 5.25. The highest BCUT2D eigenvalue weighted by Crippen LogP contribution is 2.26. The highest BCUT2D eigenvalue weighted by atomic mass is 32.1. The van der Waals surface area contributed by atoms with Crippen LogP contribution in [-0.4, -0.2) is 34.0 Å². The lowest BCUT2D eigenvalue weighted by atomic mass is 10.1. The van der Waals surface area contributed by atoms with Crippen molar-refractivity contribution in [1.82, 2.24) is 9.88 Å².